The summed E-state index contributed by atoms with van der Waals surface area (Å²) >= 11 is 5.69. The number of benzene rings is 2. The lowest BCUT2D eigenvalue weighted by Gasteiger charge is -2.09. The van der Waals surface area contributed by atoms with Crippen LogP contribution < -0.4 is 5.32 Å². The second kappa shape index (κ2) is 6.18. The van der Waals surface area contributed by atoms with Gasteiger partial charge < -0.3 is 5.32 Å². The molecule has 0 aromatic heterocycles. The number of rotatable bonds is 3. The van der Waals surface area contributed by atoms with Crippen molar-refractivity contribution in [2.45, 2.75) is 12.1 Å². The molecule has 2 aromatic rings. The van der Waals surface area contributed by atoms with Crippen LogP contribution in [0.1, 0.15) is 21.5 Å². The van der Waals surface area contributed by atoms with Crippen LogP contribution in [0.4, 0.5) is 18.9 Å². The average Bonchev–Trinajstić information content (AvgIpc) is 2.46. The summed E-state index contributed by atoms with van der Waals surface area (Å²) in [5.74, 6) is -0.167. The third-order valence-electron chi connectivity index (χ3n) is 2.81. The van der Waals surface area contributed by atoms with Crippen molar-refractivity contribution in [3.63, 3.8) is 0 Å². The number of carbonyl (C=O) groups is 1. The second-order valence-corrected chi connectivity index (χ2v) is 4.63. The zero-order valence-electron chi connectivity index (χ0n) is 10.7. The molecule has 0 unspecified atom stereocenters. The van der Waals surface area contributed by atoms with Crippen LogP contribution in [-0.2, 0) is 12.1 Å². The van der Waals surface area contributed by atoms with E-state index < -0.39 is 17.6 Å². The monoisotopic (exact) mass is 313 g/mol. The molecular weight excluding hydrogens is 303 g/mol. The van der Waals surface area contributed by atoms with Gasteiger partial charge in [0.05, 0.1) is 5.56 Å². The number of alkyl halides is 4. The Morgan fingerprint density at radius 2 is 1.76 bits per heavy atom. The summed E-state index contributed by atoms with van der Waals surface area (Å²) in [7, 11) is 0. The Balaban J connectivity index is 2.13. The lowest BCUT2D eigenvalue weighted by atomic mass is 10.1. The molecule has 0 aliphatic rings. The van der Waals surface area contributed by atoms with Gasteiger partial charge in [-0.15, -0.1) is 11.6 Å². The highest BCUT2D eigenvalue weighted by Crippen LogP contribution is 2.29. The van der Waals surface area contributed by atoms with Crippen molar-refractivity contribution >= 4 is 23.2 Å². The maximum atomic E-state index is 12.4. The largest absolute Gasteiger partial charge is 0.416 e. The molecule has 21 heavy (non-hydrogen) atoms. The molecule has 0 saturated carbocycles. The Morgan fingerprint density at radius 1 is 1.10 bits per heavy atom. The summed E-state index contributed by atoms with van der Waals surface area (Å²) in [4.78, 5) is 11.9. The molecule has 2 aromatic carbocycles. The van der Waals surface area contributed by atoms with E-state index in [0.29, 0.717) is 11.6 Å². The molecule has 110 valence electrons. The third-order valence-corrected chi connectivity index (χ3v) is 3.12. The van der Waals surface area contributed by atoms with E-state index in [1.54, 1.807) is 24.3 Å². The zero-order valence-corrected chi connectivity index (χ0v) is 11.5. The summed E-state index contributed by atoms with van der Waals surface area (Å²) in [6.45, 7) is 0. The molecule has 0 saturated heterocycles. The highest BCUT2D eigenvalue weighted by molar-refractivity contribution is 6.17. The minimum Gasteiger partial charge on any atom is -0.322 e. The van der Waals surface area contributed by atoms with Crippen molar-refractivity contribution < 1.29 is 18.0 Å². The number of halogens is 4. The lowest BCUT2D eigenvalue weighted by Crippen LogP contribution is -2.13. The Bertz CT molecular complexity index is 638. The highest BCUT2D eigenvalue weighted by atomic mass is 35.5. The van der Waals surface area contributed by atoms with Crippen LogP contribution in [0.2, 0.25) is 0 Å². The molecular formula is C15H11ClF3NO. The molecule has 0 aliphatic carbocycles. The van der Waals surface area contributed by atoms with Gasteiger partial charge in [0.25, 0.3) is 5.91 Å². The Morgan fingerprint density at radius 3 is 2.33 bits per heavy atom. The summed E-state index contributed by atoms with van der Waals surface area (Å²) < 4.78 is 37.3. The Labute approximate surface area is 124 Å². The van der Waals surface area contributed by atoms with Crippen LogP contribution in [-0.4, -0.2) is 5.91 Å². The molecule has 6 heteroatoms. The molecule has 1 N–H and O–H groups in total. The van der Waals surface area contributed by atoms with Crippen molar-refractivity contribution in [3.8, 4) is 0 Å². The zero-order chi connectivity index (χ0) is 15.5. The van der Waals surface area contributed by atoms with Crippen LogP contribution in [0.3, 0.4) is 0 Å². The van der Waals surface area contributed by atoms with Gasteiger partial charge in [-0.2, -0.15) is 13.2 Å². The van der Waals surface area contributed by atoms with Gasteiger partial charge in [-0.25, -0.2) is 0 Å². The van der Waals surface area contributed by atoms with Gasteiger partial charge in [-0.05, 0) is 42.0 Å². The van der Waals surface area contributed by atoms with Crippen molar-refractivity contribution in [1.29, 1.82) is 0 Å². The van der Waals surface area contributed by atoms with Gasteiger partial charge in [0.2, 0.25) is 0 Å². The van der Waals surface area contributed by atoms with Crippen molar-refractivity contribution in [1.82, 2.24) is 0 Å². The number of anilines is 1. The third kappa shape index (κ3) is 3.98. The number of hydrogen-bond donors (Lipinski definition) is 1. The lowest BCUT2D eigenvalue weighted by molar-refractivity contribution is -0.137. The molecule has 0 aliphatic heterocycles. The standard InChI is InChI=1S/C15H11ClF3NO/c16-9-10-2-1-3-13(8-10)20-14(21)11-4-6-12(7-5-11)15(17,18)19/h1-8H,9H2,(H,20,21). The maximum Gasteiger partial charge on any atom is 0.416 e. The van der Waals surface area contributed by atoms with Gasteiger partial charge >= 0.3 is 6.18 Å². The van der Waals surface area contributed by atoms with E-state index in [-0.39, 0.29) is 5.56 Å². The van der Waals surface area contributed by atoms with E-state index in [1.807, 2.05) is 0 Å². The fraction of sp³-hybridized carbons (Fsp3) is 0.133. The molecule has 2 nitrogen and oxygen atoms in total. The van der Waals surface area contributed by atoms with Gasteiger partial charge in [0, 0.05) is 17.1 Å². The van der Waals surface area contributed by atoms with E-state index in [1.165, 1.54) is 0 Å². The predicted octanol–water partition coefficient (Wildman–Crippen LogP) is 4.70. The quantitative estimate of drug-likeness (QED) is 0.818. The number of carbonyl (C=O) groups excluding carboxylic acids is 1. The molecule has 0 fully saturated rings. The average molecular weight is 314 g/mol. The van der Waals surface area contributed by atoms with Crippen LogP contribution in [0.15, 0.2) is 48.5 Å². The van der Waals surface area contributed by atoms with E-state index in [4.69, 9.17) is 11.6 Å². The van der Waals surface area contributed by atoms with Crippen molar-refractivity contribution in [2.24, 2.45) is 0 Å². The van der Waals surface area contributed by atoms with Gasteiger partial charge in [-0.3, -0.25) is 4.79 Å². The summed E-state index contributed by atoms with van der Waals surface area (Å²) in [5, 5.41) is 2.61. The van der Waals surface area contributed by atoms with E-state index in [2.05, 4.69) is 5.32 Å². The van der Waals surface area contributed by atoms with Crippen molar-refractivity contribution in [2.75, 3.05) is 5.32 Å². The highest BCUT2D eigenvalue weighted by Gasteiger charge is 2.30. The number of nitrogens with one attached hydrogen (secondary N) is 1. The smallest absolute Gasteiger partial charge is 0.322 e. The fourth-order valence-corrected chi connectivity index (χ4v) is 1.91. The maximum absolute atomic E-state index is 12.4. The van der Waals surface area contributed by atoms with Crippen LogP contribution in [0.5, 0.6) is 0 Å². The van der Waals surface area contributed by atoms with Crippen LogP contribution in [0.25, 0.3) is 0 Å². The predicted molar refractivity (Wildman–Crippen MR) is 75.4 cm³/mol. The molecule has 0 heterocycles. The van der Waals surface area contributed by atoms with E-state index in [0.717, 1.165) is 29.8 Å². The molecule has 0 radical (unpaired) electrons. The Hall–Kier alpha value is -2.01. The first-order chi connectivity index (χ1) is 9.90. The topological polar surface area (TPSA) is 29.1 Å². The molecule has 1 amide bonds. The summed E-state index contributed by atoms with van der Waals surface area (Å²) in [6, 6.07) is 11.0. The molecule has 0 spiro atoms. The molecule has 2 rings (SSSR count). The van der Waals surface area contributed by atoms with Crippen LogP contribution in [0, 0.1) is 0 Å². The number of hydrogen-bond acceptors (Lipinski definition) is 1. The van der Waals surface area contributed by atoms with E-state index in [9.17, 15) is 18.0 Å². The van der Waals surface area contributed by atoms with Gasteiger partial charge in [0.15, 0.2) is 0 Å². The Kier molecular flexibility index (Phi) is 4.53. The normalized spacial score (nSPS) is 11.2. The van der Waals surface area contributed by atoms with Gasteiger partial charge in [0.1, 0.15) is 0 Å². The first-order valence-corrected chi connectivity index (χ1v) is 6.57. The molecule has 0 atom stereocenters. The first kappa shape index (κ1) is 15.4. The summed E-state index contributed by atoms with van der Waals surface area (Å²) in [5.41, 5.74) is 0.738. The number of amides is 1. The minimum absolute atomic E-state index is 0.152. The second-order valence-electron chi connectivity index (χ2n) is 4.36. The van der Waals surface area contributed by atoms with Crippen molar-refractivity contribution in [3.05, 3.63) is 65.2 Å². The SMILES string of the molecule is O=C(Nc1cccc(CCl)c1)c1ccc(C(F)(F)F)cc1. The van der Waals surface area contributed by atoms with Gasteiger partial charge in [-0.1, -0.05) is 12.1 Å². The minimum atomic E-state index is -4.41. The summed E-state index contributed by atoms with van der Waals surface area (Å²) in [6.07, 6.45) is -4.41. The fourth-order valence-electron chi connectivity index (χ4n) is 1.75. The van der Waals surface area contributed by atoms with E-state index >= 15 is 0 Å². The molecule has 0 bridgehead atoms. The first-order valence-electron chi connectivity index (χ1n) is 6.03. The van der Waals surface area contributed by atoms with Crippen LogP contribution >= 0.6 is 11.6 Å².